The van der Waals surface area contributed by atoms with E-state index in [4.69, 9.17) is 0 Å². The minimum Gasteiger partial charge on any atom is -0.0686 e. The number of benzene rings is 1. The predicted molar refractivity (Wildman–Crippen MR) is 118 cm³/mol. The van der Waals surface area contributed by atoms with E-state index in [0.717, 1.165) is 11.3 Å². The third-order valence-electron chi connectivity index (χ3n) is 6.84. The van der Waals surface area contributed by atoms with Crippen molar-refractivity contribution in [2.45, 2.75) is 95.8 Å². The molecule has 0 spiro atoms. The normalized spacial score (nSPS) is 23.0. The van der Waals surface area contributed by atoms with Gasteiger partial charge >= 0.3 is 0 Å². The molecule has 1 heteroatoms. The maximum Gasteiger partial charge on any atom is -0.00579 e. The van der Waals surface area contributed by atoms with E-state index < -0.39 is 0 Å². The van der Waals surface area contributed by atoms with Crippen molar-refractivity contribution in [3.05, 3.63) is 47.1 Å². The Labute approximate surface area is 161 Å². The molecule has 0 bridgehead atoms. The van der Waals surface area contributed by atoms with Crippen LogP contribution in [-0.2, 0) is 0 Å². The van der Waals surface area contributed by atoms with Gasteiger partial charge in [-0.05, 0) is 79.3 Å². The maximum atomic E-state index is 2.53. The lowest BCUT2D eigenvalue weighted by atomic mass is 9.99. The first kappa shape index (κ1) is 18.5. The zero-order chi connectivity index (χ0) is 17.9. The van der Waals surface area contributed by atoms with Gasteiger partial charge in [-0.15, -0.1) is 0 Å². The molecule has 1 aromatic rings. The minimum atomic E-state index is -0.0196. The molecule has 0 amide bonds. The number of rotatable bonds is 4. The van der Waals surface area contributed by atoms with Crippen molar-refractivity contribution >= 4 is 18.8 Å². The molecule has 1 aromatic carbocycles. The van der Waals surface area contributed by atoms with Crippen LogP contribution in [0.15, 0.2) is 41.5 Å². The Morgan fingerprint density at radius 2 is 1.35 bits per heavy atom. The summed E-state index contributed by atoms with van der Waals surface area (Å²) in [6.45, 7) is 4.62. The molecule has 0 radical (unpaired) electrons. The van der Waals surface area contributed by atoms with Gasteiger partial charge in [-0.25, -0.2) is 0 Å². The van der Waals surface area contributed by atoms with Crippen LogP contribution >= 0.6 is 7.92 Å². The Balaban J connectivity index is 1.72. The fourth-order valence-corrected chi connectivity index (χ4v) is 9.57. The second-order valence-electron chi connectivity index (χ2n) is 8.84. The molecule has 0 atom stereocenters. The van der Waals surface area contributed by atoms with E-state index in [1.54, 1.807) is 16.4 Å². The van der Waals surface area contributed by atoms with Crippen LogP contribution in [0.5, 0.6) is 0 Å². The van der Waals surface area contributed by atoms with Crippen molar-refractivity contribution in [1.29, 1.82) is 0 Å². The molecule has 2 fully saturated rings. The van der Waals surface area contributed by atoms with Crippen molar-refractivity contribution in [3.63, 3.8) is 0 Å². The largest absolute Gasteiger partial charge is 0.0686 e. The Kier molecular flexibility index (Phi) is 6.00. The average molecular weight is 367 g/mol. The molecule has 4 rings (SSSR count). The van der Waals surface area contributed by atoms with E-state index in [-0.39, 0.29) is 7.92 Å². The molecule has 0 nitrogen and oxygen atoms in total. The monoisotopic (exact) mass is 366 g/mol. The van der Waals surface area contributed by atoms with Crippen LogP contribution in [0, 0.1) is 0 Å². The van der Waals surface area contributed by atoms with E-state index in [1.165, 1.54) is 81.8 Å². The van der Waals surface area contributed by atoms with Crippen LogP contribution < -0.4 is 5.30 Å². The van der Waals surface area contributed by atoms with Crippen LogP contribution in [0.1, 0.15) is 90.0 Å². The van der Waals surface area contributed by atoms with Crippen LogP contribution in [0.2, 0.25) is 0 Å². The smallest absolute Gasteiger partial charge is 0.00579 e. The van der Waals surface area contributed by atoms with Crippen LogP contribution in [0.4, 0.5) is 0 Å². The van der Waals surface area contributed by atoms with Gasteiger partial charge in [0.15, 0.2) is 0 Å². The molecule has 0 unspecified atom stereocenters. The highest BCUT2D eigenvalue weighted by atomic mass is 31.1. The Hall–Kier alpha value is -0.870. The van der Waals surface area contributed by atoms with Gasteiger partial charge < -0.3 is 0 Å². The first-order valence-electron chi connectivity index (χ1n) is 11.0. The summed E-state index contributed by atoms with van der Waals surface area (Å²) in [5, 5.41) is 1.76. The zero-order valence-corrected chi connectivity index (χ0v) is 17.7. The topological polar surface area (TPSA) is 0 Å². The van der Waals surface area contributed by atoms with Gasteiger partial charge in [0.2, 0.25) is 0 Å². The van der Waals surface area contributed by atoms with E-state index in [2.05, 4.69) is 44.2 Å². The number of allylic oxidation sites excluding steroid dienone is 4. The highest BCUT2D eigenvalue weighted by Crippen LogP contribution is 2.56. The fourth-order valence-electron chi connectivity index (χ4n) is 5.60. The highest BCUT2D eigenvalue weighted by Gasteiger charge is 2.34. The first-order chi connectivity index (χ1) is 12.7. The van der Waals surface area contributed by atoms with E-state index in [0.29, 0.717) is 0 Å². The lowest BCUT2D eigenvalue weighted by molar-refractivity contribution is 0.487. The van der Waals surface area contributed by atoms with Gasteiger partial charge in [-0.2, -0.15) is 0 Å². The SMILES string of the molecule is CC1=CC(C)=C(c2ccccc2P(C2CCCCC2)C2CCCCC2)C1. The van der Waals surface area contributed by atoms with Gasteiger partial charge in [0.25, 0.3) is 0 Å². The van der Waals surface area contributed by atoms with Gasteiger partial charge in [-0.1, -0.05) is 82.4 Å². The van der Waals surface area contributed by atoms with Crippen LogP contribution in [-0.4, -0.2) is 11.3 Å². The van der Waals surface area contributed by atoms with Crippen LogP contribution in [0.25, 0.3) is 5.57 Å². The molecule has 0 N–H and O–H groups in total. The summed E-state index contributed by atoms with van der Waals surface area (Å²) in [6.07, 6.45) is 18.4. The molecular weight excluding hydrogens is 331 g/mol. The zero-order valence-electron chi connectivity index (χ0n) is 16.8. The Bertz CT molecular complexity index is 666. The van der Waals surface area contributed by atoms with E-state index in [1.807, 2.05) is 0 Å². The number of hydrogen-bond donors (Lipinski definition) is 0. The molecule has 0 heterocycles. The number of hydrogen-bond acceptors (Lipinski definition) is 0. The summed E-state index contributed by atoms with van der Waals surface area (Å²) < 4.78 is 0. The molecule has 2 saturated carbocycles. The Morgan fingerprint density at radius 1 is 0.769 bits per heavy atom. The third kappa shape index (κ3) is 3.87. The average Bonchev–Trinajstić information content (AvgIpc) is 3.02. The highest BCUT2D eigenvalue weighted by molar-refractivity contribution is 7.67. The van der Waals surface area contributed by atoms with E-state index in [9.17, 15) is 0 Å². The maximum absolute atomic E-state index is 2.53. The van der Waals surface area contributed by atoms with Crippen LogP contribution in [0.3, 0.4) is 0 Å². The lowest BCUT2D eigenvalue weighted by Crippen LogP contribution is -2.27. The van der Waals surface area contributed by atoms with Crippen molar-refractivity contribution in [2.75, 3.05) is 0 Å². The van der Waals surface area contributed by atoms with Crippen molar-refractivity contribution < 1.29 is 0 Å². The third-order valence-corrected chi connectivity index (χ3v) is 10.4. The molecular formula is C25H35P. The standard InChI is InChI=1S/C25H35P/c1-19-17-20(2)24(18-19)23-15-9-10-16-25(23)26(21-11-5-3-6-12-21)22-13-7-4-8-14-22/h9-10,15-17,21-22H,3-8,11-14,18H2,1-2H3. The molecule has 0 aromatic heterocycles. The fraction of sp³-hybridized carbons (Fsp3) is 0.600. The summed E-state index contributed by atoms with van der Waals surface area (Å²) in [5.74, 6) is 0. The van der Waals surface area contributed by atoms with Gasteiger partial charge in [0.05, 0.1) is 0 Å². The predicted octanol–water partition coefficient (Wildman–Crippen LogP) is 7.58. The van der Waals surface area contributed by atoms with Gasteiger partial charge in [0.1, 0.15) is 0 Å². The minimum absolute atomic E-state index is 0.0196. The summed E-state index contributed by atoms with van der Waals surface area (Å²) in [4.78, 5) is 0. The summed E-state index contributed by atoms with van der Waals surface area (Å²) >= 11 is 0. The molecule has 0 saturated heterocycles. The summed E-state index contributed by atoms with van der Waals surface area (Å²) in [5.41, 5.74) is 8.25. The van der Waals surface area contributed by atoms with Gasteiger partial charge in [0, 0.05) is 0 Å². The van der Waals surface area contributed by atoms with Crippen molar-refractivity contribution in [3.8, 4) is 0 Å². The quantitative estimate of drug-likeness (QED) is 0.482. The van der Waals surface area contributed by atoms with Crippen molar-refractivity contribution in [2.24, 2.45) is 0 Å². The molecule has 3 aliphatic rings. The molecule has 26 heavy (non-hydrogen) atoms. The first-order valence-corrected chi connectivity index (χ1v) is 12.5. The molecule has 3 aliphatic carbocycles. The van der Waals surface area contributed by atoms with Gasteiger partial charge in [-0.3, -0.25) is 0 Å². The molecule has 0 aliphatic heterocycles. The second-order valence-corrected chi connectivity index (χ2v) is 11.6. The van der Waals surface area contributed by atoms with Crippen molar-refractivity contribution in [1.82, 2.24) is 0 Å². The second kappa shape index (κ2) is 8.43. The molecule has 140 valence electrons. The van der Waals surface area contributed by atoms with E-state index >= 15 is 0 Å². The Morgan fingerprint density at radius 3 is 1.88 bits per heavy atom. The lowest BCUT2D eigenvalue weighted by Gasteiger charge is -2.39. The summed E-state index contributed by atoms with van der Waals surface area (Å²) in [7, 11) is -0.0196. The summed E-state index contributed by atoms with van der Waals surface area (Å²) in [6, 6.07) is 9.58.